The van der Waals surface area contributed by atoms with E-state index in [2.05, 4.69) is 46.3 Å². The molecule has 1 aliphatic heterocycles. The molecule has 20 heavy (non-hydrogen) atoms. The second kappa shape index (κ2) is 5.84. The highest BCUT2D eigenvalue weighted by Gasteiger charge is 2.22. The Morgan fingerprint density at radius 2 is 1.80 bits per heavy atom. The Kier molecular flexibility index (Phi) is 3.93. The van der Waals surface area contributed by atoms with Gasteiger partial charge in [0.05, 0.1) is 0 Å². The molecule has 1 aromatic carbocycles. The van der Waals surface area contributed by atoms with Gasteiger partial charge < -0.3 is 4.90 Å². The molecule has 3 rings (SSSR count). The third-order valence-corrected chi connectivity index (χ3v) is 4.60. The predicted molar refractivity (Wildman–Crippen MR) is 84.6 cm³/mol. The standard InChI is InChI=1S/C17H19ClN2/c1-13-16(7-10-19-17(13)18)20-11-8-15(9-12-20)14-5-3-2-4-6-14/h2-7,10,15H,8-9,11-12H2,1H3. The molecule has 0 radical (unpaired) electrons. The van der Waals surface area contributed by atoms with E-state index in [0.717, 1.165) is 18.7 Å². The number of pyridine rings is 1. The van der Waals surface area contributed by atoms with Crippen LogP contribution in [0.5, 0.6) is 0 Å². The van der Waals surface area contributed by atoms with Crippen LogP contribution in [0, 0.1) is 6.92 Å². The van der Waals surface area contributed by atoms with Crippen LogP contribution in [0.4, 0.5) is 5.69 Å². The molecule has 3 heteroatoms. The van der Waals surface area contributed by atoms with Crippen LogP contribution in [0.1, 0.15) is 29.9 Å². The number of hydrogen-bond donors (Lipinski definition) is 0. The van der Waals surface area contributed by atoms with E-state index in [-0.39, 0.29) is 0 Å². The lowest BCUT2D eigenvalue weighted by Gasteiger charge is -2.34. The molecule has 0 spiro atoms. The lowest BCUT2D eigenvalue weighted by Crippen LogP contribution is -2.33. The first-order valence-corrected chi connectivity index (χ1v) is 7.54. The smallest absolute Gasteiger partial charge is 0.133 e. The molecule has 2 aromatic rings. The average molecular weight is 287 g/mol. The Labute approximate surface area is 125 Å². The number of piperidine rings is 1. The van der Waals surface area contributed by atoms with Gasteiger partial charge in [0.15, 0.2) is 0 Å². The van der Waals surface area contributed by atoms with Crippen molar-refractivity contribution in [2.75, 3.05) is 18.0 Å². The van der Waals surface area contributed by atoms with Crippen LogP contribution in [0.25, 0.3) is 0 Å². The molecule has 0 atom stereocenters. The molecule has 0 bridgehead atoms. The lowest BCUT2D eigenvalue weighted by molar-refractivity contribution is 0.505. The Balaban J connectivity index is 1.71. The Morgan fingerprint density at radius 3 is 2.50 bits per heavy atom. The fraction of sp³-hybridized carbons (Fsp3) is 0.353. The van der Waals surface area contributed by atoms with Crippen LogP contribution in [-0.4, -0.2) is 18.1 Å². The summed E-state index contributed by atoms with van der Waals surface area (Å²) >= 11 is 6.12. The predicted octanol–water partition coefficient (Wildman–Crippen LogP) is 4.43. The number of aromatic nitrogens is 1. The van der Waals surface area contributed by atoms with Gasteiger partial charge >= 0.3 is 0 Å². The van der Waals surface area contributed by atoms with Gasteiger partial charge in [0.25, 0.3) is 0 Å². The van der Waals surface area contributed by atoms with Crippen molar-refractivity contribution in [2.45, 2.75) is 25.7 Å². The molecule has 0 unspecified atom stereocenters. The van der Waals surface area contributed by atoms with Crippen molar-refractivity contribution in [3.05, 3.63) is 58.9 Å². The summed E-state index contributed by atoms with van der Waals surface area (Å²) in [5.74, 6) is 0.685. The average Bonchev–Trinajstić information content (AvgIpc) is 2.51. The number of hydrogen-bond acceptors (Lipinski definition) is 2. The zero-order valence-corrected chi connectivity index (χ0v) is 12.5. The number of benzene rings is 1. The van der Waals surface area contributed by atoms with Gasteiger partial charge in [-0.3, -0.25) is 0 Å². The fourth-order valence-corrected chi connectivity index (χ4v) is 3.18. The topological polar surface area (TPSA) is 16.1 Å². The van der Waals surface area contributed by atoms with E-state index < -0.39 is 0 Å². The van der Waals surface area contributed by atoms with Gasteiger partial charge in [0.1, 0.15) is 5.15 Å². The minimum atomic E-state index is 0.618. The first-order valence-electron chi connectivity index (χ1n) is 7.16. The second-order valence-corrected chi connectivity index (χ2v) is 5.78. The first-order chi connectivity index (χ1) is 9.75. The molecule has 2 nitrogen and oxygen atoms in total. The third kappa shape index (κ3) is 2.66. The molecule has 0 amide bonds. The van der Waals surface area contributed by atoms with Gasteiger partial charge in [-0.2, -0.15) is 0 Å². The SMILES string of the molecule is Cc1c(N2CCC(c3ccccc3)CC2)ccnc1Cl. The van der Waals surface area contributed by atoms with Crippen LogP contribution in [0.3, 0.4) is 0 Å². The summed E-state index contributed by atoms with van der Waals surface area (Å²) in [5.41, 5.74) is 3.79. The molecular formula is C17H19ClN2. The number of halogens is 1. The zero-order valence-electron chi connectivity index (χ0n) is 11.7. The van der Waals surface area contributed by atoms with Gasteiger partial charge in [-0.25, -0.2) is 4.98 Å². The summed E-state index contributed by atoms with van der Waals surface area (Å²) in [7, 11) is 0. The molecule has 0 saturated carbocycles. The number of rotatable bonds is 2. The summed E-state index contributed by atoms with van der Waals surface area (Å²) < 4.78 is 0. The van der Waals surface area contributed by atoms with Gasteiger partial charge in [-0.15, -0.1) is 0 Å². The zero-order chi connectivity index (χ0) is 13.9. The molecule has 1 aliphatic rings. The van der Waals surface area contributed by atoms with Gasteiger partial charge in [-0.05, 0) is 37.3 Å². The number of anilines is 1. The monoisotopic (exact) mass is 286 g/mol. The first kappa shape index (κ1) is 13.4. The Bertz CT molecular complexity index is 575. The highest BCUT2D eigenvalue weighted by atomic mass is 35.5. The van der Waals surface area contributed by atoms with Crippen molar-refractivity contribution >= 4 is 17.3 Å². The van der Waals surface area contributed by atoms with Crippen LogP contribution in [-0.2, 0) is 0 Å². The number of nitrogens with zero attached hydrogens (tertiary/aromatic N) is 2. The van der Waals surface area contributed by atoms with E-state index in [4.69, 9.17) is 11.6 Å². The Morgan fingerprint density at radius 1 is 1.10 bits per heavy atom. The van der Waals surface area contributed by atoms with Crippen LogP contribution < -0.4 is 4.90 Å². The maximum absolute atomic E-state index is 6.12. The summed E-state index contributed by atoms with van der Waals surface area (Å²) in [6.07, 6.45) is 4.20. The molecule has 0 aliphatic carbocycles. The summed E-state index contributed by atoms with van der Waals surface area (Å²) in [6.45, 7) is 4.22. The van der Waals surface area contributed by atoms with Crippen molar-refractivity contribution in [1.82, 2.24) is 4.98 Å². The molecule has 1 saturated heterocycles. The van der Waals surface area contributed by atoms with E-state index in [1.54, 1.807) is 6.20 Å². The van der Waals surface area contributed by atoms with Crippen molar-refractivity contribution in [3.63, 3.8) is 0 Å². The van der Waals surface area contributed by atoms with Crippen molar-refractivity contribution in [3.8, 4) is 0 Å². The van der Waals surface area contributed by atoms with Crippen LogP contribution in [0.2, 0.25) is 5.15 Å². The minimum absolute atomic E-state index is 0.618. The van der Waals surface area contributed by atoms with E-state index in [1.165, 1.54) is 24.1 Å². The van der Waals surface area contributed by atoms with Crippen LogP contribution in [0.15, 0.2) is 42.6 Å². The van der Waals surface area contributed by atoms with E-state index in [0.29, 0.717) is 11.1 Å². The highest BCUT2D eigenvalue weighted by Crippen LogP contribution is 2.32. The lowest BCUT2D eigenvalue weighted by atomic mass is 9.89. The van der Waals surface area contributed by atoms with Gasteiger partial charge in [-0.1, -0.05) is 41.9 Å². The second-order valence-electron chi connectivity index (χ2n) is 5.42. The summed E-state index contributed by atoms with van der Waals surface area (Å²) in [5, 5.41) is 0.618. The largest absolute Gasteiger partial charge is 0.371 e. The molecule has 104 valence electrons. The van der Waals surface area contributed by atoms with E-state index in [9.17, 15) is 0 Å². The van der Waals surface area contributed by atoms with Crippen molar-refractivity contribution < 1.29 is 0 Å². The van der Waals surface area contributed by atoms with Gasteiger partial charge in [0.2, 0.25) is 0 Å². The van der Waals surface area contributed by atoms with Crippen molar-refractivity contribution in [2.24, 2.45) is 0 Å². The van der Waals surface area contributed by atoms with E-state index >= 15 is 0 Å². The third-order valence-electron chi connectivity index (χ3n) is 4.22. The minimum Gasteiger partial charge on any atom is -0.371 e. The maximum Gasteiger partial charge on any atom is 0.133 e. The van der Waals surface area contributed by atoms with Crippen molar-refractivity contribution in [1.29, 1.82) is 0 Å². The molecule has 0 N–H and O–H groups in total. The highest BCUT2D eigenvalue weighted by molar-refractivity contribution is 6.30. The normalized spacial score (nSPS) is 16.4. The summed E-state index contributed by atoms with van der Waals surface area (Å²) in [4.78, 5) is 6.57. The molecule has 2 heterocycles. The maximum atomic E-state index is 6.12. The molecule has 1 fully saturated rings. The quantitative estimate of drug-likeness (QED) is 0.759. The summed E-state index contributed by atoms with van der Waals surface area (Å²) in [6, 6.07) is 12.9. The van der Waals surface area contributed by atoms with E-state index in [1.807, 2.05) is 6.92 Å². The van der Waals surface area contributed by atoms with Crippen LogP contribution >= 0.6 is 11.6 Å². The Hall–Kier alpha value is -1.54. The molecular weight excluding hydrogens is 268 g/mol. The fourth-order valence-electron chi connectivity index (χ4n) is 3.02. The van der Waals surface area contributed by atoms with Gasteiger partial charge in [0, 0.05) is 30.5 Å². The molecule has 1 aromatic heterocycles.